The Bertz CT molecular complexity index is 261. The van der Waals surface area contributed by atoms with Crippen LogP contribution in [0.5, 0.6) is 0 Å². The molecule has 3 rings (SSSR count). The van der Waals surface area contributed by atoms with E-state index < -0.39 is 0 Å². The number of nitrogens with one attached hydrogen (secondary N) is 2. The molecule has 0 aromatic heterocycles. The van der Waals surface area contributed by atoms with E-state index in [0.717, 1.165) is 24.3 Å². The van der Waals surface area contributed by atoms with Crippen LogP contribution >= 0.6 is 0 Å². The van der Waals surface area contributed by atoms with E-state index in [0.29, 0.717) is 12.1 Å². The second kappa shape index (κ2) is 3.14. The SMILES string of the molecule is CC1CN=C(NC2CC3CCC2C3)N1. The van der Waals surface area contributed by atoms with Crippen LogP contribution in [-0.2, 0) is 0 Å². The first-order valence-electron chi connectivity index (χ1n) is 5.89. The van der Waals surface area contributed by atoms with E-state index in [2.05, 4.69) is 22.5 Å². The molecule has 78 valence electrons. The van der Waals surface area contributed by atoms with Crippen molar-refractivity contribution in [3.63, 3.8) is 0 Å². The van der Waals surface area contributed by atoms with Crippen LogP contribution in [0.4, 0.5) is 0 Å². The largest absolute Gasteiger partial charge is 0.353 e. The molecule has 2 aliphatic carbocycles. The lowest BCUT2D eigenvalue weighted by Gasteiger charge is -2.24. The van der Waals surface area contributed by atoms with Gasteiger partial charge in [-0.3, -0.25) is 4.99 Å². The summed E-state index contributed by atoms with van der Waals surface area (Å²) in [5, 5.41) is 6.96. The zero-order valence-corrected chi connectivity index (χ0v) is 8.79. The minimum absolute atomic E-state index is 0.524. The van der Waals surface area contributed by atoms with Crippen LogP contribution in [0.25, 0.3) is 0 Å². The fourth-order valence-electron chi connectivity index (χ4n) is 3.24. The second-order valence-corrected chi connectivity index (χ2v) is 5.16. The Balaban J connectivity index is 1.58. The van der Waals surface area contributed by atoms with Gasteiger partial charge in [-0.15, -0.1) is 0 Å². The van der Waals surface area contributed by atoms with E-state index in [-0.39, 0.29) is 0 Å². The lowest BCUT2D eigenvalue weighted by atomic mass is 9.95. The average Bonchev–Trinajstić information content (AvgIpc) is 2.82. The first kappa shape index (κ1) is 8.57. The number of hydrogen-bond donors (Lipinski definition) is 2. The maximum absolute atomic E-state index is 4.46. The molecule has 2 N–H and O–H groups in total. The Hall–Kier alpha value is -0.730. The van der Waals surface area contributed by atoms with Crippen molar-refractivity contribution in [2.45, 2.75) is 44.7 Å². The molecule has 1 heterocycles. The van der Waals surface area contributed by atoms with Gasteiger partial charge in [0.05, 0.1) is 6.54 Å². The van der Waals surface area contributed by atoms with E-state index in [1.54, 1.807) is 0 Å². The van der Waals surface area contributed by atoms with Gasteiger partial charge in [0, 0.05) is 12.1 Å². The summed E-state index contributed by atoms with van der Waals surface area (Å²) in [6.45, 7) is 3.11. The van der Waals surface area contributed by atoms with Gasteiger partial charge >= 0.3 is 0 Å². The topological polar surface area (TPSA) is 36.4 Å². The zero-order chi connectivity index (χ0) is 9.54. The van der Waals surface area contributed by atoms with Crippen molar-refractivity contribution in [3.8, 4) is 0 Å². The Kier molecular flexibility index (Phi) is 1.92. The van der Waals surface area contributed by atoms with Gasteiger partial charge < -0.3 is 10.6 Å². The van der Waals surface area contributed by atoms with Crippen molar-refractivity contribution in [1.29, 1.82) is 0 Å². The van der Waals surface area contributed by atoms with E-state index in [1.165, 1.54) is 25.7 Å². The number of aliphatic imine (C=N–C) groups is 1. The number of fused-ring (bicyclic) bond motifs is 2. The van der Waals surface area contributed by atoms with Crippen LogP contribution in [0.2, 0.25) is 0 Å². The molecular formula is C11H19N3. The third-order valence-corrected chi connectivity index (χ3v) is 3.97. The Morgan fingerprint density at radius 3 is 2.86 bits per heavy atom. The highest BCUT2D eigenvalue weighted by Gasteiger charge is 2.40. The summed E-state index contributed by atoms with van der Waals surface area (Å²) in [7, 11) is 0. The van der Waals surface area contributed by atoms with Gasteiger partial charge in [-0.1, -0.05) is 6.42 Å². The highest BCUT2D eigenvalue weighted by molar-refractivity contribution is 5.82. The smallest absolute Gasteiger partial charge is 0.191 e. The number of guanidine groups is 1. The molecule has 2 fully saturated rings. The van der Waals surface area contributed by atoms with Gasteiger partial charge in [0.25, 0.3) is 0 Å². The van der Waals surface area contributed by atoms with E-state index in [1.807, 2.05) is 0 Å². The average molecular weight is 193 g/mol. The highest BCUT2D eigenvalue weighted by Crippen LogP contribution is 2.44. The third kappa shape index (κ3) is 1.39. The van der Waals surface area contributed by atoms with E-state index in [4.69, 9.17) is 0 Å². The van der Waals surface area contributed by atoms with Crippen molar-refractivity contribution in [2.75, 3.05) is 6.54 Å². The van der Waals surface area contributed by atoms with Gasteiger partial charge in [0.2, 0.25) is 0 Å². The molecule has 0 aromatic rings. The van der Waals surface area contributed by atoms with E-state index >= 15 is 0 Å². The predicted octanol–water partition coefficient (Wildman–Crippen LogP) is 1.11. The highest BCUT2D eigenvalue weighted by atomic mass is 15.2. The van der Waals surface area contributed by atoms with E-state index in [9.17, 15) is 0 Å². The molecule has 3 aliphatic rings. The molecule has 0 radical (unpaired) electrons. The molecule has 4 unspecified atom stereocenters. The molecule has 0 aromatic carbocycles. The Labute approximate surface area is 85.4 Å². The molecule has 14 heavy (non-hydrogen) atoms. The maximum atomic E-state index is 4.46. The molecule has 0 amide bonds. The van der Waals surface area contributed by atoms with Crippen molar-refractivity contribution in [1.82, 2.24) is 10.6 Å². The Morgan fingerprint density at radius 2 is 2.29 bits per heavy atom. The molecule has 2 bridgehead atoms. The zero-order valence-electron chi connectivity index (χ0n) is 8.79. The molecule has 2 saturated carbocycles. The van der Waals surface area contributed by atoms with Crippen LogP contribution < -0.4 is 10.6 Å². The molecule has 3 nitrogen and oxygen atoms in total. The minimum atomic E-state index is 0.524. The van der Waals surface area contributed by atoms with Crippen LogP contribution in [0.1, 0.15) is 32.6 Å². The maximum Gasteiger partial charge on any atom is 0.191 e. The molecular weight excluding hydrogens is 174 g/mol. The van der Waals surface area contributed by atoms with Gasteiger partial charge in [-0.2, -0.15) is 0 Å². The quantitative estimate of drug-likeness (QED) is 0.654. The molecule has 4 atom stereocenters. The number of rotatable bonds is 1. The van der Waals surface area contributed by atoms with Gasteiger partial charge in [-0.05, 0) is 38.0 Å². The minimum Gasteiger partial charge on any atom is -0.353 e. The first-order valence-corrected chi connectivity index (χ1v) is 5.89. The summed E-state index contributed by atoms with van der Waals surface area (Å²) in [5.41, 5.74) is 0. The van der Waals surface area contributed by atoms with Crippen LogP contribution in [0.3, 0.4) is 0 Å². The van der Waals surface area contributed by atoms with Crippen LogP contribution in [-0.4, -0.2) is 24.6 Å². The summed E-state index contributed by atoms with van der Waals surface area (Å²) >= 11 is 0. The lowest BCUT2D eigenvalue weighted by molar-refractivity contribution is 0.388. The van der Waals surface area contributed by atoms with Crippen LogP contribution in [0.15, 0.2) is 4.99 Å². The van der Waals surface area contributed by atoms with Gasteiger partial charge in [0.15, 0.2) is 5.96 Å². The molecule has 0 spiro atoms. The fraction of sp³-hybridized carbons (Fsp3) is 0.909. The summed E-state index contributed by atoms with van der Waals surface area (Å²) in [6.07, 6.45) is 5.74. The summed E-state index contributed by atoms with van der Waals surface area (Å²) < 4.78 is 0. The van der Waals surface area contributed by atoms with Crippen LogP contribution in [0, 0.1) is 11.8 Å². The summed E-state index contributed by atoms with van der Waals surface area (Å²) in [5.74, 6) is 2.99. The number of nitrogens with zero attached hydrogens (tertiary/aromatic N) is 1. The normalized spacial score (nSPS) is 45.1. The van der Waals surface area contributed by atoms with Crippen molar-refractivity contribution >= 4 is 5.96 Å². The first-order chi connectivity index (χ1) is 6.81. The Morgan fingerprint density at radius 1 is 1.36 bits per heavy atom. The fourth-order valence-corrected chi connectivity index (χ4v) is 3.24. The van der Waals surface area contributed by atoms with Gasteiger partial charge in [-0.25, -0.2) is 0 Å². The van der Waals surface area contributed by atoms with Crippen molar-refractivity contribution in [2.24, 2.45) is 16.8 Å². The molecule has 0 saturated heterocycles. The van der Waals surface area contributed by atoms with Gasteiger partial charge in [0.1, 0.15) is 0 Å². The monoisotopic (exact) mass is 193 g/mol. The lowest BCUT2D eigenvalue weighted by Crippen LogP contribution is -2.45. The molecule has 3 heteroatoms. The third-order valence-electron chi connectivity index (χ3n) is 3.97. The predicted molar refractivity (Wildman–Crippen MR) is 57.3 cm³/mol. The summed E-state index contributed by atoms with van der Waals surface area (Å²) in [6, 6.07) is 1.24. The second-order valence-electron chi connectivity index (χ2n) is 5.16. The summed E-state index contributed by atoms with van der Waals surface area (Å²) in [4.78, 5) is 4.46. The van der Waals surface area contributed by atoms with Crippen molar-refractivity contribution < 1.29 is 0 Å². The molecule has 1 aliphatic heterocycles. The standard InChI is InChI=1S/C11H19N3/c1-7-6-12-11(13-7)14-10-5-8-2-3-9(10)4-8/h7-10H,2-6H2,1H3,(H2,12,13,14). The number of hydrogen-bond acceptors (Lipinski definition) is 3. The van der Waals surface area contributed by atoms with Crippen molar-refractivity contribution in [3.05, 3.63) is 0 Å².